The van der Waals surface area contributed by atoms with Crippen molar-refractivity contribution in [1.82, 2.24) is 0 Å². The van der Waals surface area contributed by atoms with E-state index in [1.54, 1.807) is 25.1 Å². The lowest BCUT2D eigenvalue weighted by atomic mass is 10.1. The van der Waals surface area contributed by atoms with Crippen LogP contribution in [0, 0.1) is 12.7 Å². The molecule has 0 radical (unpaired) electrons. The number of anilines is 1. The molecule has 0 unspecified atom stereocenters. The minimum atomic E-state index is -0.420. The maximum absolute atomic E-state index is 13.4. The Morgan fingerprint density at radius 2 is 1.83 bits per heavy atom. The molecule has 1 N–H and O–H groups in total. The van der Waals surface area contributed by atoms with Crippen LogP contribution in [0.3, 0.4) is 0 Å². The van der Waals surface area contributed by atoms with Crippen molar-refractivity contribution in [2.75, 3.05) is 19.5 Å². The monoisotopic (exact) mass is 329 g/mol. The van der Waals surface area contributed by atoms with Crippen molar-refractivity contribution in [3.8, 4) is 11.5 Å². The Balaban J connectivity index is 1.91. The smallest absolute Gasteiger partial charge is 0.291 e. The van der Waals surface area contributed by atoms with Gasteiger partial charge in [-0.15, -0.1) is 0 Å². The van der Waals surface area contributed by atoms with Crippen molar-refractivity contribution < 1.29 is 23.1 Å². The number of carbonyl (C=O) groups excluding carboxylic acids is 1. The molecule has 0 bridgehead atoms. The molecule has 1 aromatic heterocycles. The maximum atomic E-state index is 13.4. The van der Waals surface area contributed by atoms with Crippen LogP contribution in [0.1, 0.15) is 16.1 Å². The third-order valence-electron chi connectivity index (χ3n) is 3.75. The highest BCUT2D eigenvalue weighted by Gasteiger charge is 2.18. The second kappa shape index (κ2) is 6.23. The van der Waals surface area contributed by atoms with Crippen molar-refractivity contribution >= 4 is 22.6 Å². The zero-order chi connectivity index (χ0) is 17.3. The van der Waals surface area contributed by atoms with Crippen molar-refractivity contribution in [2.45, 2.75) is 6.92 Å². The van der Waals surface area contributed by atoms with E-state index in [-0.39, 0.29) is 11.6 Å². The molecule has 24 heavy (non-hydrogen) atoms. The van der Waals surface area contributed by atoms with Crippen LogP contribution in [-0.4, -0.2) is 20.1 Å². The van der Waals surface area contributed by atoms with Crippen molar-refractivity contribution in [2.24, 2.45) is 0 Å². The minimum absolute atomic E-state index is 0.144. The molecule has 0 aliphatic carbocycles. The summed E-state index contributed by atoms with van der Waals surface area (Å²) in [5.41, 5.74) is 1.58. The summed E-state index contributed by atoms with van der Waals surface area (Å²) in [6.45, 7) is 1.72. The molecule has 124 valence electrons. The van der Waals surface area contributed by atoms with E-state index in [0.717, 1.165) is 0 Å². The summed E-state index contributed by atoms with van der Waals surface area (Å²) in [5.74, 6) is 0.407. The molecule has 2 aromatic carbocycles. The lowest BCUT2D eigenvalue weighted by Crippen LogP contribution is -2.12. The number of benzene rings is 2. The Morgan fingerprint density at radius 1 is 1.08 bits per heavy atom. The Kier molecular flexibility index (Phi) is 4.12. The number of fused-ring (bicyclic) bond motifs is 1. The van der Waals surface area contributed by atoms with Crippen LogP contribution in [0.5, 0.6) is 11.5 Å². The minimum Gasteiger partial charge on any atom is -0.493 e. The van der Waals surface area contributed by atoms with Gasteiger partial charge in [-0.2, -0.15) is 0 Å². The van der Waals surface area contributed by atoms with E-state index in [0.29, 0.717) is 33.7 Å². The van der Waals surface area contributed by atoms with Gasteiger partial charge in [0.25, 0.3) is 5.91 Å². The molecule has 0 saturated carbocycles. The van der Waals surface area contributed by atoms with Crippen LogP contribution in [-0.2, 0) is 0 Å². The van der Waals surface area contributed by atoms with Gasteiger partial charge in [0.05, 0.1) is 14.2 Å². The molecule has 3 aromatic rings. The van der Waals surface area contributed by atoms with Crippen LogP contribution in [0.4, 0.5) is 10.1 Å². The molecule has 0 spiro atoms. The maximum Gasteiger partial charge on any atom is 0.291 e. The van der Waals surface area contributed by atoms with Crippen molar-refractivity contribution in [3.63, 3.8) is 0 Å². The highest BCUT2D eigenvalue weighted by Crippen LogP contribution is 2.31. The summed E-state index contributed by atoms with van der Waals surface area (Å²) < 4.78 is 29.3. The van der Waals surface area contributed by atoms with Gasteiger partial charge >= 0.3 is 0 Å². The van der Waals surface area contributed by atoms with Gasteiger partial charge in [0.15, 0.2) is 17.3 Å². The van der Waals surface area contributed by atoms with Crippen molar-refractivity contribution in [3.05, 3.63) is 53.5 Å². The Labute approximate surface area is 138 Å². The molecule has 0 fully saturated rings. The second-order valence-electron chi connectivity index (χ2n) is 5.22. The van der Waals surface area contributed by atoms with Gasteiger partial charge in [0, 0.05) is 22.7 Å². The number of methoxy groups -OCH3 is 2. The predicted molar refractivity (Wildman–Crippen MR) is 88.4 cm³/mol. The number of hydrogen-bond donors (Lipinski definition) is 1. The lowest BCUT2D eigenvalue weighted by molar-refractivity contribution is 0.0998. The predicted octanol–water partition coefficient (Wildman–Crippen LogP) is 4.15. The third-order valence-corrected chi connectivity index (χ3v) is 3.75. The third kappa shape index (κ3) is 2.78. The van der Waals surface area contributed by atoms with E-state index in [2.05, 4.69) is 5.32 Å². The van der Waals surface area contributed by atoms with E-state index in [1.807, 2.05) is 0 Å². The number of nitrogens with one attached hydrogen (secondary N) is 1. The second-order valence-corrected chi connectivity index (χ2v) is 5.22. The fourth-order valence-electron chi connectivity index (χ4n) is 2.51. The van der Waals surface area contributed by atoms with Gasteiger partial charge in [-0.1, -0.05) is 0 Å². The molecular formula is C18H16FNO4. The SMILES string of the molecule is COc1ccc(NC(=O)c2oc3ccc(F)cc3c2C)cc1OC. The number of aryl methyl sites for hydroxylation is 1. The summed E-state index contributed by atoms with van der Waals surface area (Å²) in [5, 5.41) is 3.32. The number of amides is 1. The molecule has 3 rings (SSSR count). The van der Waals surface area contributed by atoms with Crippen LogP contribution in [0.15, 0.2) is 40.8 Å². The summed E-state index contributed by atoms with van der Waals surface area (Å²) in [7, 11) is 3.05. The first-order valence-corrected chi connectivity index (χ1v) is 7.25. The molecule has 1 amide bonds. The standard InChI is InChI=1S/C18H16FNO4/c1-10-13-8-11(19)4-6-14(13)24-17(10)18(21)20-12-5-7-15(22-2)16(9-12)23-3/h4-9H,1-3H3,(H,20,21). The first-order chi connectivity index (χ1) is 11.5. The molecule has 0 atom stereocenters. The molecule has 5 nitrogen and oxygen atoms in total. The highest BCUT2D eigenvalue weighted by atomic mass is 19.1. The molecule has 0 aliphatic rings. The first-order valence-electron chi connectivity index (χ1n) is 7.25. The van der Waals surface area contributed by atoms with Gasteiger partial charge in [0.2, 0.25) is 0 Å². The van der Waals surface area contributed by atoms with Crippen LogP contribution in [0.25, 0.3) is 11.0 Å². The molecule has 1 heterocycles. The number of carbonyl (C=O) groups is 1. The fourth-order valence-corrected chi connectivity index (χ4v) is 2.51. The topological polar surface area (TPSA) is 60.7 Å². The molecule has 0 saturated heterocycles. The van der Waals surface area contributed by atoms with E-state index in [4.69, 9.17) is 13.9 Å². The Bertz CT molecular complexity index is 917. The Hall–Kier alpha value is -3.02. The van der Waals surface area contributed by atoms with Gasteiger partial charge in [0.1, 0.15) is 11.4 Å². The van der Waals surface area contributed by atoms with Crippen molar-refractivity contribution in [1.29, 1.82) is 0 Å². The van der Waals surface area contributed by atoms with E-state index in [9.17, 15) is 9.18 Å². The number of rotatable bonds is 4. The zero-order valence-electron chi connectivity index (χ0n) is 13.5. The Morgan fingerprint density at radius 3 is 2.54 bits per heavy atom. The lowest BCUT2D eigenvalue weighted by Gasteiger charge is -2.10. The highest BCUT2D eigenvalue weighted by molar-refractivity contribution is 6.06. The normalized spacial score (nSPS) is 10.7. The van der Waals surface area contributed by atoms with Crippen LogP contribution in [0.2, 0.25) is 0 Å². The van der Waals surface area contributed by atoms with Gasteiger partial charge < -0.3 is 19.2 Å². The molecule has 0 aliphatic heterocycles. The molecule has 6 heteroatoms. The molecular weight excluding hydrogens is 313 g/mol. The van der Waals surface area contributed by atoms with E-state index in [1.165, 1.54) is 32.4 Å². The van der Waals surface area contributed by atoms with E-state index >= 15 is 0 Å². The van der Waals surface area contributed by atoms with Crippen LogP contribution < -0.4 is 14.8 Å². The average molecular weight is 329 g/mol. The summed E-state index contributed by atoms with van der Waals surface area (Å²) >= 11 is 0. The number of halogens is 1. The first kappa shape index (κ1) is 15.9. The van der Waals surface area contributed by atoms with Gasteiger partial charge in [-0.25, -0.2) is 4.39 Å². The largest absolute Gasteiger partial charge is 0.493 e. The zero-order valence-corrected chi connectivity index (χ0v) is 13.5. The summed E-state index contributed by atoms with van der Waals surface area (Å²) in [6.07, 6.45) is 0. The summed E-state index contributed by atoms with van der Waals surface area (Å²) in [4.78, 5) is 12.5. The van der Waals surface area contributed by atoms with Gasteiger partial charge in [-0.05, 0) is 37.3 Å². The van der Waals surface area contributed by atoms with E-state index < -0.39 is 5.91 Å². The number of furan rings is 1. The fraction of sp³-hybridized carbons (Fsp3) is 0.167. The number of ether oxygens (including phenoxy) is 2. The van der Waals surface area contributed by atoms with Crippen LogP contribution >= 0.6 is 0 Å². The quantitative estimate of drug-likeness (QED) is 0.781. The summed E-state index contributed by atoms with van der Waals surface area (Å²) in [6, 6.07) is 9.17. The van der Waals surface area contributed by atoms with Gasteiger partial charge in [-0.3, -0.25) is 4.79 Å². The number of hydrogen-bond acceptors (Lipinski definition) is 4. The average Bonchev–Trinajstić information content (AvgIpc) is 2.91.